The molecule has 1 heterocycles. The molecule has 3 N–H and O–H groups in total. The number of hydrogen-bond acceptors (Lipinski definition) is 3. The average Bonchev–Trinajstić information content (AvgIpc) is 2.56. The summed E-state index contributed by atoms with van der Waals surface area (Å²) in [7, 11) is 0. The first-order valence-electron chi connectivity index (χ1n) is 8.80. The van der Waals surface area contributed by atoms with Crippen molar-refractivity contribution in [3.8, 4) is 0 Å². The van der Waals surface area contributed by atoms with Crippen LogP contribution in [0.3, 0.4) is 0 Å². The third-order valence-electron chi connectivity index (χ3n) is 5.63. The molecule has 1 saturated heterocycles. The number of nitrogens with one attached hydrogen (secondary N) is 1. The summed E-state index contributed by atoms with van der Waals surface area (Å²) in [5.74, 6) is 0.438. The van der Waals surface area contributed by atoms with E-state index in [9.17, 15) is 9.59 Å². The summed E-state index contributed by atoms with van der Waals surface area (Å²) >= 11 is 0. The smallest absolute Gasteiger partial charge is 0.237 e. The van der Waals surface area contributed by atoms with Crippen LogP contribution in [0, 0.1) is 5.92 Å². The third-order valence-corrected chi connectivity index (χ3v) is 5.63. The summed E-state index contributed by atoms with van der Waals surface area (Å²) in [5.41, 5.74) is 6.91. The van der Waals surface area contributed by atoms with E-state index in [-0.39, 0.29) is 11.8 Å². The van der Waals surface area contributed by atoms with Gasteiger partial charge < -0.3 is 5.73 Å². The lowest BCUT2D eigenvalue weighted by Crippen LogP contribution is -2.51. The van der Waals surface area contributed by atoms with Gasteiger partial charge in [0, 0.05) is 12.1 Å². The van der Waals surface area contributed by atoms with Crippen LogP contribution in [0.4, 0.5) is 5.69 Å². The van der Waals surface area contributed by atoms with Gasteiger partial charge in [-0.05, 0) is 42.9 Å². The SMILES string of the molecule is Nc1ccc(C2(CCC3CCCCC3)CCC(=O)NC2=O)cc1. The predicted molar refractivity (Wildman–Crippen MR) is 90.7 cm³/mol. The summed E-state index contributed by atoms with van der Waals surface area (Å²) in [6.45, 7) is 0. The van der Waals surface area contributed by atoms with Crippen LogP contribution in [0.5, 0.6) is 0 Å². The van der Waals surface area contributed by atoms with Gasteiger partial charge in [0.2, 0.25) is 11.8 Å². The molecule has 1 aromatic rings. The average molecular weight is 314 g/mol. The Hall–Kier alpha value is -1.84. The third kappa shape index (κ3) is 3.41. The molecule has 4 heteroatoms. The summed E-state index contributed by atoms with van der Waals surface area (Å²) in [6, 6.07) is 7.60. The number of rotatable bonds is 4. The maximum atomic E-state index is 12.7. The largest absolute Gasteiger partial charge is 0.399 e. The molecule has 23 heavy (non-hydrogen) atoms. The Kier molecular flexibility index (Phi) is 4.69. The van der Waals surface area contributed by atoms with Crippen molar-refractivity contribution in [1.29, 1.82) is 0 Å². The highest BCUT2D eigenvalue weighted by Crippen LogP contribution is 2.40. The molecule has 0 bridgehead atoms. The van der Waals surface area contributed by atoms with Crippen molar-refractivity contribution < 1.29 is 9.59 Å². The van der Waals surface area contributed by atoms with Crippen molar-refractivity contribution in [2.24, 2.45) is 5.92 Å². The first-order chi connectivity index (χ1) is 11.1. The van der Waals surface area contributed by atoms with Gasteiger partial charge in [-0.1, -0.05) is 44.2 Å². The zero-order valence-electron chi connectivity index (χ0n) is 13.6. The van der Waals surface area contributed by atoms with Gasteiger partial charge in [0.05, 0.1) is 5.41 Å². The number of piperidine rings is 1. The molecule has 4 nitrogen and oxygen atoms in total. The van der Waals surface area contributed by atoms with E-state index in [1.807, 2.05) is 24.3 Å². The Morgan fingerprint density at radius 1 is 1.09 bits per heavy atom. The number of carbonyl (C=O) groups excluding carboxylic acids is 2. The van der Waals surface area contributed by atoms with Crippen LogP contribution >= 0.6 is 0 Å². The number of hydrogen-bond donors (Lipinski definition) is 2. The number of benzene rings is 1. The van der Waals surface area contributed by atoms with Crippen LogP contribution < -0.4 is 11.1 Å². The second kappa shape index (κ2) is 6.73. The maximum Gasteiger partial charge on any atom is 0.237 e. The van der Waals surface area contributed by atoms with E-state index in [1.54, 1.807) is 0 Å². The topological polar surface area (TPSA) is 72.2 Å². The number of nitrogens with two attached hydrogens (primary N) is 1. The molecule has 0 radical (unpaired) electrons. The van der Waals surface area contributed by atoms with Crippen LogP contribution in [-0.4, -0.2) is 11.8 Å². The molecule has 124 valence electrons. The Morgan fingerprint density at radius 3 is 2.43 bits per heavy atom. The molecule has 1 aromatic carbocycles. The standard InChI is InChI=1S/C19H26N2O2/c20-16-8-6-15(7-9-16)19(13-11-17(22)21-18(19)23)12-10-14-4-2-1-3-5-14/h6-9,14H,1-5,10-13,20H2,(H,21,22,23). The van der Waals surface area contributed by atoms with Crippen molar-refractivity contribution in [1.82, 2.24) is 5.32 Å². The number of amides is 2. The van der Waals surface area contributed by atoms with E-state index in [1.165, 1.54) is 32.1 Å². The summed E-state index contributed by atoms with van der Waals surface area (Å²) in [5, 5.41) is 2.56. The highest BCUT2D eigenvalue weighted by molar-refractivity contribution is 6.03. The molecule has 2 amide bonds. The summed E-state index contributed by atoms with van der Waals surface area (Å²) in [4.78, 5) is 24.3. The monoisotopic (exact) mass is 314 g/mol. The lowest BCUT2D eigenvalue weighted by atomic mass is 9.69. The Bertz CT molecular complexity index is 576. The fourth-order valence-electron chi connectivity index (χ4n) is 4.14. The molecule has 2 fully saturated rings. The lowest BCUT2D eigenvalue weighted by Gasteiger charge is -2.37. The molecule has 1 saturated carbocycles. The first-order valence-corrected chi connectivity index (χ1v) is 8.80. The van der Waals surface area contributed by atoms with Gasteiger partial charge in [0.25, 0.3) is 0 Å². The van der Waals surface area contributed by atoms with Crippen molar-refractivity contribution >= 4 is 17.5 Å². The van der Waals surface area contributed by atoms with E-state index >= 15 is 0 Å². The van der Waals surface area contributed by atoms with Gasteiger partial charge in [-0.15, -0.1) is 0 Å². The van der Waals surface area contributed by atoms with Gasteiger partial charge >= 0.3 is 0 Å². The van der Waals surface area contributed by atoms with E-state index in [0.29, 0.717) is 18.5 Å². The number of nitrogen functional groups attached to an aromatic ring is 1. The quantitative estimate of drug-likeness (QED) is 0.661. The van der Waals surface area contributed by atoms with E-state index in [4.69, 9.17) is 5.73 Å². The number of imide groups is 1. The molecule has 1 unspecified atom stereocenters. The molecule has 3 rings (SSSR count). The molecular weight excluding hydrogens is 288 g/mol. The van der Waals surface area contributed by atoms with Gasteiger partial charge in [0.15, 0.2) is 0 Å². The molecule has 0 aromatic heterocycles. The zero-order chi connectivity index (χ0) is 16.3. The van der Waals surface area contributed by atoms with Gasteiger partial charge in [-0.2, -0.15) is 0 Å². The highest BCUT2D eigenvalue weighted by Gasteiger charge is 2.44. The lowest BCUT2D eigenvalue weighted by molar-refractivity contribution is -0.138. The Morgan fingerprint density at radius 2 is 1.78 bits per heavy atom. The maximum absolute atomic E-state index is 12.7. The number of anilines is 1. The fourth-order valence-corrected chi connectivity index (χ4v) is 4.14. The van der Waals surface area contributed by atoms with Crippen molar-refractivity contribution in [2.75, 3.05) is 5.73 Å². The second-order valence-electron chi connectivity index (χ2n) is 7.12. The highest BCUT2D eigenvalue weighted by atomic mass is 16.2. The van der Waals surface area contributed by atoms with Crippen molar-refractivity contribution in [3.05, 3.63) is 29.8 Å². The van der Waals surface area contributed by atoms with Crippen molar-refractivity contribution in [3.63, 3.8) is 0 Å². The number of carbonyl (C=O) groups is 2. The minimum atomic E-state index is -0.570. The van der Waals surface area contributed by atoms with E-state index in [2.05, 4.69) is 5.32 Å². The van der Waals surface area contributed by atoms with Crippen LogP contribution in [0.15, 0.2) is 24.3 Å². The minimum Gasteiger partial charge on any atom is -0.399 e. The molecular formula is C19H26N2O2. The molecule has 1 atom stereocenters. The van der Waals surface area contributed by atoms with Crippen LogP contribution in [0.1, 0.15) is 63.4 Å². The fraction of sp³-hybridized carbons (Fsp3) is 0.579. The minimum absolute atomic E-state index is 0.130. The summed E-state index contributed by atoms with van der Waals surface area (Å²) < 4.78 is 0. The molecule has 1 aliphatic carbocycles. The van der Waals surface area contributed by atoms with Crippen LogP contribution in [0.25, 0.3) is 0 Å². The van der Waals surface area contributed by atoms with Gasteiger partial charge in [0.1, 0.15) is 0 Å². The predicted octanol–water partition coefficient (Wildman–Crippen LogP) is 3.30. The van der Waals surface area contributed by atoms with Crippen molar-refractivity contribution in [2.45, 2.75) is 63.2 Å². The second-order valence-corrected chi connectivity index (χ2v) is 7.12. The Labute approximate surface area is 137 Å². The summed E-state index contributed by atoms with van der Waals surface area (Å²) in [6.07, 6.45) is 9.42. The van der Waals surface area contributed by atoms with E-state index in [0.717, 1.165) is 24.3 Å². The molecule has 1 aliphatic heterocycles. The van der Waals surface area contributed by atoms with Gasteiger partial charge in [-0.3, -0.25) is 14.9 Å². The van der Waals surface area contributed by atoms with Crippen LogP contribution in [0.2, 0.25) is 0 Å². The normalized spacial score (nSPS) is 26.1. The van der Waals surface area contributed by atoms with Gasteiger partial charge in [-0.25, -0.2) is 0 Å². The van der Waals surface area contributed by atoms with Crippen LogP contribution in [-0.2, 0) is 15.0 Å². The zero-order valence-corrected chi connectivity index (χ0v) is 13.6. The van der Waals surface area contributed by atoms with E-state index < -0.39 is 5.41 Å². The Balaban J connectivity index is 1.82. The molecule has 0 spiro atoms. The molecule has 2 aliphatic rings. The first kappa shape index (κ1) is 16.0.